The van der Waals surface area contributed by atoms with Gasteiger partial charge in [-0.2, -0.15) is 5.10 Å². The van der Waals surface area contributed by atoms with Crippen LogP contribution in [0.25, 0.3) is 5.69 Å². The molecule has 7 nitrogen and oxygen atoms in total. The molecule has 0 bridgehead atoms. The zero-order chi connectivity index (χ0) is 20.3. The highest BCUT2D eigenvalue weighted by Crippen LogP contribution is 2.17. The van der Waals surface area contributed by atoms with E-state index in [9.17, 15) is 18.8 Å². The van der Waals surface area contributed by atoms with Crippen molar-refractivity contribution in [3.8, 4) is 5.69 Å². The number of ether oxygens (including phenoxy) is 1. The molecule has 0 radical (unpaired) electrons. The molecule has 0 atom stereocenters. The molecule has 0 aliphatic carbocycles. The predicted molar refractivity (Wildman–Crippen MR) is 100 cm³/mol. The number of methoxy groups -OCH3 is 1. The normalized spacial score (nSPS) is 10.4. The Morgan fingerprint density at radius 2 is 1.79 bits per heavy atom. The summed E-state index contributed by atoms with van der Waals surface area (Å²) < 4.78 is 20.0. The molecule has 0 spiro atoms. The van der Waals surface area contributed by atoms with Gasteiger partial charge in [0.15, 0.2) is 5.69 Å². The van der Waals surface area contributed by atoms with E-state index in [1.165, 1.54) is 48.2 Å². The number of hydrogen-bond donors (Lipinski definition) is 1. The fourth-order valence-corrected chi connectivity index (χ4v) is 2.63. The second-order valence-corrected chi connectivity index (χ2v) is 5.85. The van der Waals surface area contributed by atoms with Crippen LogP contribution in [-0.4, -0.2) is 28.8 Å². The van der Waals surface area contributed by atoms with Crippen LogP contribution in [-0.2, 0) is 4.74 Å². The van der Waals surface area contributed by atoms with Gasteiger partial charge >= 0.3 is 5.97 Å². The minimum absolute atomic E-state index is 0.101. The van der Waals surface area contributed by atoms with Gasteiger partial charge in [0, 0.05) is 11.8 Å². The zero-order valence-electron chi connectivity index (χ0n) is 15.1. The number of anilines is 1. The van der Waals surface area contributed by atoms with Crippen molar-refractivity contribution in [3.63, 3.8) is 0 Å². The molecule has 2 aromatic carbocycles. The molecule has 8 heteroatoms. The van der Waals surface area contributed by atoms with Gasteiger partial charge < -0.3 is 10.1 Å². The van der Waals surface area contributed by atoms with E-state index in [0.717, 1.165) is 0 Å². The summed E-state index contributed by atoms with van der Waals surface area (Å²) >= 11 is 0. The number of rotatable bonds is 4. The Kier molecular flexibility index (Phi) is 5.30. The van der Waals surface area contributed by atoms with Crippen LogP contribution >= 0.6 is 0 Å². The van der Waals surface area contributed by atoms with Gasteiger partial charge in [-0.3, -0.25) is 9.59 Å². The van der Waals surface area contributed by atoms with Crippen LogP contribution in [0.3, 0.4) is 0 Å². The van der Waals surface area contributed by atoms with Crippen molar-refractivity contribution >= 4 is 17.6 Å². The molecule has 3 aromatic rings. The van der Waals surface area contributed by atoms with Gasteiger partial charge in [0.2, 0.25) is 5.43 Å². The van der Waals surface area contributed by atoms with E-state index in [1.807, 2.05) is 0 Å². The van der Waals surface area contributed by atoms with Crippen molar-refractivity contribution in [1.82, 2.24) is 9.78 Å². The molecule has 0 saturated heterocycles. The first-order chi connectivity index (χ1) is 13.4. The van der Waals surface area contributed by atoms with Crippen LogP contribution in [0, 0.1) is 12.7 Å². The summed E-state index contributed by atoms with van der Waals surface area (Å²) in [6, 6.07) is 13.3. The smallest absolute Gasteiger partial charge is 0.339 e. The Morgan fingerprint density at radius 1 is 1.11 bits per heavy atom. The van der Waals surface area contributed by atoms with Crippen molar-refractivity contribution in [1.29, 1.82) is 0 Å². The first kappa shape index (κ1) is 19.0. The number of aryl methyl sites for hydroxylation is 1. The van der Waals surface area contributed by atoms with Gasteiger partial charge in [-0.15, -0.1) is 0 Å². The molecule has 28 heavy (non-hydrogen) atoms. The number of hydrogen-bond acceptors (Lipinski definition) is 5. The number of esters is 1. The number of benzene rings is 2. The van der Waals surface area contributed by atoms with Gasteiger partial charge in [-0.1, -0.05) is 24.3 Å². The molecule has 0 aliphatic heterocycles. The third-order valence-corrected chi connectivity index (χ3v) is 3.98. The summed E-state index contributed by atoms with van der Waals surface area (Å²) in [7, 11) is 1.22. The lowest BCUT2D eigenvalue weighted by molar-refractivity contribution is 0.0602. The summed E-state index contributed by atoms with van der Waals surface area (Å²) in [4.78, 5) is 36.8. The zero-order valence-corrected chi connectivity index (χ0v) is 15.1. The molecule has 3 rings (SSSR count). The van der Waals surface area contributed by atoms with E-state index >= 15 is 0 Å². The third kappa shape index (κ3) is 3.66. The lowest BCUT2D eigenvalue weighted by atomic mass is 10.1. The maximum Gasteiger partial charge on any atom is 0.339 e. The Labute approximate surface area is 159 Å². The van der Waals surface area contributed by atoms with E-state index in [-0.39, 0.29) is 16.9 Å². The van der Waals surface area contributed by atoms with Crippen molar-refractivity contribution in [2.75, 3.05) is 12.4 Å². The number of para-hydroxylation sites is 2. The van der Waals surface area contributed by atoms with E-state index < -0.39 is 28.8 Å². The van der Waals surface area contributed by atoms with Gasteiger partial charge in [0.05, 0.1) is 18.4 Å². The van der Waals surface area contributed by atoms with E-state index in [1.54, 1.807) is 25.1 Å². The monoisotopic (exact) mass is 381 g/mol. The second-order valence-electron chi connectivity index (χ2n) is 5.85. The average molecular weight is 381 g/mol. The fraction of sp³-hybridized carbons (Fsp3) is 0.100. The quantitative estimate of drug-likeness (QED) is 0.702. The lowest BCUT2D eigenvalue weighted by Gasteiger charge is -2.13. The van der Waals surface area contributed by atoms with Crippen LogP contribution in [0.1, 0.15) is 26.5 Å². The summed E-state index contributed by atoms with van der Waals surface area (Å²) in [5, 5.41) is 6.52. The van der Waals surface area contributed by atoms with Crippen LogP contribution in [0.4, 0.5) is 10.1 Å². The number of carbonyl (C=O) groups excluding carboxylic acids is 2. The van der Waals surface area contributed by atoms with Gasteiger partial charge in [-0.05, 0) is 31.2 Å². The standard InChI is InChI=1S/C20H16FN3O4/c1-12-11-17(25)18(23-24(12)16-10-6-4-8-14(16)21)19(26)22-15-9-5-3-7-13(15)20(27)28-2/h3-11H,1-2H3,(H,22,26). The van der Waals surface area contributed by atoms with E-state index in [2.05, 4.69) is 15.2 Å². The van der Waals surface area contributed by atoms with Crippen LogP contribution in [0.2, 0.25) is 0 Å². The molecule has 142 valence electrons. The maximum atomic E-state index is 14.1. The lowest BCUT2D eigenvalue weighted by Crippen LogP contribution is -2.27. The molecular weight excluding hydrogens is 365 g/mol. The van der Waals surface area contributed by atoms with Crippen LogP contribution in [0.5, 0.6) is 0 Å². The molecule has 0 aliphatic rings. The Bertz CT molecular complexity index is 1120. The number of amides is 1. The molecule has 1 N–H and O–H groups in total. The van der Waals surface area contributed by atoms with Crippen LogP contribution < -0.4 is 10.7 Å². The number of nitrogens with one attached hydrogen (secondary N) is 1. The molecule has 0 saturated carbocycles. The largest absolute Gasteiger partial charge is 0.465 e. The third-order valence-electron chi connectivity index (χ3n) is 3.98. The minimum atomic E-state index is -0.827. The van der Waals surface area contributed by atoms with E-state index in [4.69, 9.17) is 0 Å². The highest BCUT2D eigenvalue weighted by molar-refractivity contribution is 6.06. The minimum Gasteiger partial charge on any atom is -0.465 e. The van der Waals surface area contributed by atoms with Gasteiger partial charge in [0.1, 0.15) is 11.5 Å². The number of halogens is 1. The Morgan fingerprint density at radius 3 is 2.50 bits per heavy atom. The van der Waals surface area contributed by atoms with Crippen molar-refractivity contribution in [2.45, 2.75) is 6.92 Å². The highest BCUT2D eigenvalue weighted by atomic mass is 19.1. The molecule has 1 amide bonds. The van der Waals surface area contributed by atoms with E-state index in [0.29, 0.717) is 5.69 Å². The molecular formula is C20H16FN3O4. The van der Waals surface area contributed by atoms with Gasteiger partial charge in [-0.25, -0.2) is 13.9 Å². The van der Waals surface area contributed by atoms with Gasteiger partial charge in [0.25, 0.3) is 5.91 Å². The Hall–Kier alpha value is -3.81. The van der Waals surface area contributed by atoms with Crippen LogP contribution in [0.15, 0.2) is 59.4 Å². The summed E-state index contributed by atoms with van der Waals surface area (Å²) in [5.74, 6) is -2.02. The van der Waals surface area contributed by atoms with Crippen molar-refractivity contribution in [2.24, 2.45) is 0 Å². The number of aromatic nitrogens is 2. The van der Waals surface area contributed by atoms with Crippen molar-refractivity contribution in [3.05, 3.63) is 87.6 Å². The molecule has 1 heterocycles. The highest BCUT2D eigenvalue weighted by Gasteiger charge is 2.19. The number of carbonyl (C=O) groups is 2. The average Bonchev–Trinajstić information content (AvgIpc) is 2.68. The second kappa shape index (κ2) is 7.83. The Balaban J connectivity index is 2.02. The first-order valence-corrected chi connectivity index (χ1v) is 8.27. The molecule has 0 unspecified atom stereocenters. The fourth-order valence-electron chi connectivity index (χ4n) is 2.63. The summed E-state index contributed by atoms with van der Waals surface area (Å²) in [6.07, 6.45) is 0. The maximum absolute atomic E-state index is 14.1. The topological polar surface area (TPSA) is 90.3 Å². The van der Waals surface area contributed by atoms with Crippen molar-refractivity contribution < 1.29 is 18.7 Å². The molecule has 1 aromatic heterocycles. The SMILES string of the molecule is COC(=O)c1ccccc1NC(=O)c1nn(-c2ccccc2F)c(C)cc1=O. The molecule has 0 fully saturated rings. The first-order valence-electron chi connectivity index (χ1n) is 8.27. The predicted octanol–water partition coefficient (Wildman–Crippen LogP) is 2.72. The number of nitrogens with zero attached hydrogens (tertiary/aromatic N) is 2. The summed E-state index contributed by atoms with van der Waals surface area (Å²) in [5.41, 5.74) is -0.310. The summed E-state index contributed by atoms with van der Waals surface area (Å²) in [6.45, 7) is 1.58.